The van der Waals surface area contributed by atoms with Crippen LogP contribution in [-0.4, -0.2) is 26.5 Å². The molecule has 14 heavy (non-hydrogen) atoms. The molecular formula is C10H23NO2S. The van der Waals surface area contributed by atoms with Gasteiger partial charge >= 0.3 is 0 Å². The average molecular weight is 221 g/mol. The Morgan fingerprint density at radius 1 is 1.14 bits per heavy atom. The number of hydrogen-bond acceptors (Lipinski definition) is 3. The Bertz CT molecular complexity index is 224. The molecule has 0 aromatic rings. The first-order chi connectivity index (χ1) is 6.45. The summed E-state index contributed by atoms with van der Waals surface area (Å²) < 4.78 is 21.7. The van der Waals surface area contributed by atoms with Crippen LogP contribution in [0.5, 0.6) is 0 Å². The van der Waals surface area contributed by atoms with Crippen molar-refractivity contribution in [1.82, 2.24) is 0 Å². The van der Waals surface area contributed by atoms with Gasteiger partial charge in [-0.2, -0.15) is 0 Å². The lowest BCUT2D eigenvalue weighted by Crippen LogP contribution is -2.20. The van der Waals surface area contributed by atoms with Crippen molar-refractivity contribution in [1.29, 1.82) is 0 Å². The molecule has 3 nitrogen and oxygen atoms in total. The highest BCUT2D eigenvalue weighted by molar-refractivity contribution is 7.90. The molecule has 1 unspecified atom stereocenters. The van der Waals surface area contributed by atoms with E-state index in [-0.39, 0.29) is 11.8 Å². The molecule has 0 radical (unpaired) electrons. The van der Waals surface area contributed by atoms with E-state index in [0.29, 0.717) is 6.42 Å². The molecule has 0 saturated heterocycles. The fourth-order valence-corrected chi connectivity index (χ4v) is 2.10. The topological polar surface area (TPSA) is 60.2 Å². The third-order valence-corrected chi connectivity index (χ3v) is 3.30. The van der Waals surface area contributed by atoms with Gasteiger partial charge in [0, 0.05) is 18.1 Å². The summed E-state index contributed by atoms with van der Waals surface area (Å²) in [6, 6.07) is 0.184. The van der Waals surface area contributed by atoms with Crippen molar-refractivity contribution in [3.05, 3.63) is 0 Å². The maximum Gasteiger partial charge on any atom is 0.147 e. The molecule has 0 saturated carbocycles. The summed E-state index contributed by atoms with van der Waals surface area (Å²) in [4.78, 5) is 0. The second-order valence-electron chi connectivity index (χ2n) is 4.03. The summed E-state index contributed by atoms with van der Waals surface area (Å²) in [6.07, 6.45) is 7.42. The Labute approximate surface area is 88.0 Å². The highest BCUT2D eigenvalue weighted by Gasteiger charge is 2.05. The third-order valence-electron chi connectivity index (χ3n) is 2.27. The molecule has 4 heteroatoms. The normalized spacial score (nSPS) is 14.2. The molecule has 0 aliphatic rings. The maximum absolute atomic E-state index is 10.8. The number of rotatable bonds is 8. The van der Waals surface area contributed by atoms with Crippen LogP contribution in [0.1, 0.15) is 45.4 Å². The number of unbranched alkanes of at least 4 members (excludes halogenated alkanes) is 2. The molecular weight excluding hydrogens is 198 g/mol. The third kappa shape index (κ3) is 9.99. The zero-order chi connectivity index (χ0) is 11.0. The molecule has 0 amide bonds. The van der Waals surface area contributed by atoms with Crippen molar-refractivity contribution in [2.24, 2.45) is 5.73 Å². The Morgan fingerprint density at radius 2 is 1.71 bits per heavy atom. The molecule has 0 aromatic carbocycles. The van der Waals surface area contributed by atoms with Crippen molar-refractivity contribution >= 4 is 9.84 Å². The number of nitrogens with two attached hydrogens (primary N) is 1. The first kappa shape index (κ1) is 13.9. The van der Waals surface area contributed by atoms with Crippen molar-refractivity contribution in [3.63, 3.8) is 0 Å². The smallest absolute Gasteiger partial charge is 0.147 e. The van der Waals surface area contributed by atoms with E-state index in [1.165, 1.54) is 19.1 Å². The van der Waals surface area contributed by atoms with E-state index >= 15 is 0 Å². The Morgan fingerprint density at radius 3 is 2.21 bits per heavy atom. The minimum Gasteiger partial charge on any atom is -0.328 e. The quantitative estimate of drug-likeness (QED) is 0.635. The van der Waals surface area contributed by atoms with E-state index in [0.717, 1.165) is 19.3 Å². The van der Waals surface area contributed by atoms with E-state index in [1.807, 2.05) is 0 Å². The fourth-order valence-electron chi connectivity index (χ4n) is 1.41. The summed E-state index contributed by atoms with van der Waals surface area (Å²) >= 11 is 0. The zero-order valence-electron chi connectivity index (χ0n) is 9.33. The average Bonchev–Trinajstić information content (AvgIpc) is 2.02. The molecule has 0 spiro atoms. The lowest BCUT2D eigenvalue weighted by Gasteiger charge is -2.10. The number of hydrogen-bond donors (Lipinski definition) is 1. The van der Waals surface area contributed by atoms with E-state index < -0.39 is 9.84 Å². The van der Waals surface area contributed by atoms with Gasteiger partial charge in [0.05, 0.1) is 0 Å². The molecule has 0 aliphatic carbocycles. The Kier molecular flexibility index (Phi) is 7.19. The van der Waals surface area contributed by atoms with Crippen molar-refractivity contribution in [3.8, 4) is 0 Å². The van der Waals surface area contributed by atoms with Gasteiger partial charge in [0.1, 0.15) is 9.84 Å². The highest BCUT2D eigenvalue weighted by Crippen LogP contribution is 2.06. The molecule has 0 bridgehead atoms. The van der Waals surface area contributed by atoms with Crippen LogP contribution >= 0.6 is 0 Å². The Hall–Kier alpha value is -0.0900. The lowest BCUT2D eigenvalue weighted by molar-refractivity contribution is 0.521. The second-order valence-corrected chi connectivity index (χ2v) is 6.29. The van der Waals surface area contributed by atoms with Gasteiger partial charge in [0.2, 0.25) is 0 Å². The summed E-state index contributed by atoms with van der Waals surface area (Å²) in [6.45, 7) is 2.16. The van der Waals surface area contributed by atoms with Crippen LogP contribution in [0.25, 0.3) is 0 Å². The Balaban J connectivity index is 3.40. The van der Waals surface area contributed by atoms with Crippen LogP contribution in [0, 0.1) is 0 Å². The lowest BCUT2D eigenvalue weighted by atomic mass is 10.1. The van der Waals surface area contributed by atoms with Gasteiger partial charge in [-0.15, -0.1) is 0 Å². The SMILES string of the molecule is CCCCCC(N)CCCS(C)(=O)=O. The molecule has 1 atom stereocenters. The van der Waals surface area contributed by atoms with Crippen LogP contribution in [-0.2, 0) is 9.84 Å². The van der Waals surface area contributed by atoms with Gasteiger partial charge in [-0.1, -0.05) is 26.2 Å². The van der Waals surface area contributed by atoms with Crippen LogP contribution in [0.2, 0.25) is 0 Å². The van der Waals surface area contributed by atoms with E-state index in [9.17, 15) is 8.42 Å². The van der Waals surface area contributed by atoms with E-state index in [2.05, 4.69) is 6.92 Å². The van der Waals surface area contributed by atoms with Gasteiger partial charge in [0.15, 0.2) is 0 Å². The van der Waals surface area contributed by atoms with E-state index in [1.54, 1.807) is 0 Å². The van der Waals surface area contributed by atoms with Crippen LogP contribution in [0.15, 0.2) is 0 Å². The van der Waals surface area contributed by atoms with Gasteiger partial charge in [-0.3, -0.25) is 0 Å². The minimum absolute atomic E-state index is 0.184. The van der Waals surface area contributed by atoms with E-state index in [4.69, 9.17) is 5.73 Å². The van der Waals surface area contributed by atoms with Gasteiger partial charge in [0.25, 0.3) is 0 Å². The van der Waals surface area contributed by atoms with Crippen molar-refractivity contribution in [2.75, 3.05) is 12.0 Å². The van der Waals surface area contributed by atoms with Crippen LogP contribution < -0.4 is 5.73 Å². The first-order valence-electron chi connectivity index (χ1n) is 5.39. The second kappa shape index (κ2) is 7.23. The monoisotopic (exact) mass is 221 g/mol. The predicted molar refractivity (Wildman–Crippen MR) is 61.1 cm³/mol. The molecule has 0 fully saturated rings. The zero-order valence-corrected chi connectivity index (χ0v) is 10.1. The maximum atomic E-state index is 10.8. The largest absolute Gasteiger partial charge is 0.328 e. The highest BCUT2D eigenvalue weighted by atomic mass is 32.2. The summed E-state index contributed by atoms with van der Waals surface area (Å²) in [7, 11) is -2.80. The van der Waals surface area contributed by atoms with Crippen molar-refractivity contribution < 1.29 is 8.42 Å². The first-order valence-corrected chi connectivity index (χ1v) is 7.45. The standard InChI is InChI=1S/C10H23NO2S/c1-3-4-5-7-10(11)8-6-9-14(2,12)13/h10H,3-9,11H2,1-2H3. The van der Waals surface area contributed by atoms with Crippen molar-refractivity contribution in [2.45, 2.75) is 51.5 Å². The predicted octanol–water partition coefficient (Wildman–Crippen LogP) is 1.72. The van der Waals surface area contributed by atoms with Crippen LogP contribution in [0.3, 0.4) is 0 Å². The van der Waals surface area contributed by atoms with Gasteiger partial charge in [-0.25, -0.2) is 8.42 Å². The molecule has 0 rings (SSSR count). The van der Waals surface area contributed by atoms with Gasteiger partial charge in [-0.05, 0) is 19.3 Å². The molecule has 86 valence electrons. The number of sulfone groups is 1. The van der Waals surface area contributed by atoms with Crippen LogP contribution in [0.4, 0.5) is 0 Å². The molecule has 2 N–H and O–H groups in total. The molecule has 0 aliphatic heterocycles. The minimum atomic E-state index is -2.80. The molecule has 0 aromatic heterocycles. The fraction of sp³-hybridized carbons (Fsp3) is 1.00. The summed E-state index contributed by atoms with van der Waals surface area (Å²) in [5.41, 5.74) is 5.85. The molecule has 0 heterocycles. The summed E-state index contributed by atoms with van der Waals surface area (Å²) in [5, 5.41) is 0. The van der Waals surface area contributed by atoms with Gasteiger partial charge < -0.3 is 5.73 Å². The summed E-state index contributed by atoms with van der Waals surface area (Å²) in [5.74, 6) is 0.272.